The van der Waals surface area contributed by atoms with Crippen LogP contribution in [0.1, 0.15) is 31.2 Å². The van der Waals surface area contributed by atoms with Crippen LogP contribution >= 0.6 is 0 Å². The Labute approximate surface area is 125 Å². The first-order chi connectivity index (χ1) is 9.87. The first-order valence-electron chi connectivity index (χ1n) is 7.00. The number of primary sulfonamides is 1. The number of rotatable bonds is 5. The van der Waals surface area contributed by atoms with Gasteiger partial charge in [-0.05, 0) is 31.4 Å². The summed E-state index contributed by atoms with van der Waals surface area (Å²) in [6.07, 6.45) is 1.05. The number of carbonyl (C=O) groups excluding carboxylic acids is 1. The molecule has 0 saturated heterocycles. The topological polar surface area (TPSA) is 101 Å². The molecule has 0 radical (unpaired) electrons. The fraction of sp³-hybridized carbons (Fsp3) is 0.500. The Morgan fingerprint density at radius 1 is 1.43 bits per heavy atom. The smallest absolute Gasteiger partial charge is 0.227 e. The molecule has 2 unspecified atom stereocenters. The van der Waals surface area contributed by atoms with Crippen LogP contribution in [0.25, 0.3) is 0 Å². The first-order valence-corrected chi connectivity index (χ1v) is 8.72. The van der Waals surface area contributed by atoms with E-state index < -0.39 is 10.0 Å². The monoisotopic (exact) mass is 311 g/mol. The summed E-state index contributed by atoms with van der Waals surface area (Å²) in [7, 11) is -3.47. The molecule has 1 aromatic rings. The second kappa shape index (κ2) is 6.44. The SMILES string of the molecule is CC1CC(C(=O)NCCCS(N)(=O)=O)c2ccccc2N1. The van der Waals surface area contributed by atoms with Crippen LogP contribution in [0.2, 0.25) is 0 Å². The molecule has 4 N–H and O–H groups in total. The molecule has 2 atom stereocenters. The van der Waals surface area contributed by atoms with E-state index in [1.54, 1.807) is 0 Å². The molecule has 1 heterocycles. The Morgan fingerprint density at radius 2 is 2.14 bits per heavy atom. The van der Waals surface area contributed by atoms with Gasteiger partial charge in [0, 0.05) is 18.3 Å². The average molecular weight is 311 g/mol. The molecule has 1 aliphatic heterocycles. The lowest BCUT2D eigenvalue weighted by Crippen LogP contribution is -2.36. The fourth-order valence-corrected chi connectivity index (χ4v) is 3.14. The predicted molar refractivity (Wildman–Crippen MR) is 82.5 cm³/mol. The van der Waals surface area contributed by atoms with Crippen molar-refractivity contribution in [2.75, 3.05) is 17.6 Å². The van der Waals surface area contributed by atoms with E-state index in [2.05, 4.69) is 10.6 Å². The van der Waals surface area contributed by atoms with E-state index in [1.807, 2.05) is 31.2 Å². The quantitative estimate of drug-likeness (QED) is 0.699. The number of amides is 1. The number of para-hydroxylation sites is 1. The second-order valence-corrected chi connectivity index (χ2v) is 7.17. The number of nitrogens with one attached hydrogen (secondary N) is 2. The Kier molecular flexibility index (Phi) is 4.84. The van der Waals surface area contributed by atoms with Crippen LogP contribution in [0.4, 0.5) is 5.69 Å². The zero-order chi connectivity index (χ0) is 15.5. The van der Waals surface area contributed by atoms with Gasteiger partial charge in [0.25, 0.3) is 0 Å². The number of nitrogens with two attached hydrogens (primary N) is 1. The van der Waals surface area contributed by atoms with Crippen LogP contribution in [-0.2, 0) is 14.8 Å². The minimum atomic E-state index is -3.47. The van der Waals surface area contributed by atoms with Gasteiger partial charge in [0.1, 0.15) is 0 Å². The van der Waals surface area contributed by atoms with Crippen molar-refractivity contribution in [3.63, 3.8) is 0 Å². The summed E-state index contributed by atoms with van der Waals surface area (Å²) in [5.41, 5.74) is 1.97. The van der Waals surface area contributed by atoms with Gasteiger partial charge in [-0.25, -0.2) is 13.6 Å². The van der Waals surface area contributed by atoms with E-state index >= 15 is 0 Å². The molecule has 0 aromatic heterocycles. The minimum Gasteiger partial charge on any atom is -0.382 e. The van der Waals surface area contributed by atoms with Gasteiger partial charge in [-0.3, -0.25) is 4.79 Å². The molecule has 1 aliphatic rings. The molecule has 6 nitrogen and oxygen atoms in total. The van der Waals surface area contributed by atoms with Crippen molar-refractivity contribution in [1.82, 2.24) is 5.32 Å². The molecular formula is C14H21N3O3S. The van der Waals surface area contributed by atoms with E-state index in [-0.39, 0.29) is 23.6 Å². The number of carbonyl (C=O) groups is 1. The summed E-state index contributed by atoms with van der Waals surface area (Å²) in [4.78, 5) is 12.3. The van der Waals surface area contributed by atoms with Crippen molar-refractivity contribution in [2.24, 2.45) is 5.14 Å². The summed E-state index contributed by atoms with van der Waals surface area (Å²) >= 11 is 0. The van der Waals surface area contributed by atoms with Crippen LogP contribution in [0.15, 0.2) is 24.3 Å². The molecule has 0 fully saturated rings. The van der Waals surface area contributed by atoms with Crippen LogP contribution < -0.4 is 15.8 Å². The molecule has 7 heteroatoms. The van der Waals surface area contributed by atoms with Gasteiger partial charge in [-0.15, -0.1) is 0 Å². The number of hydrogen-bond donors (Lipinski definition) is 3. The minimum absolute atomic E-state index is 0.0646. The zero-order valence-corrected chi connectivity index (χ0v) is 12.8. The third kappa shape index (κ3) is 4.44. The Hall–Kier alpha value is -1.60. The average Bonchev–Trinajstić information content (AvgIpc) is 2.41. The van der Waals surface area contributed by atoms with Gasteiger partial charge in [0.15, 0.2) is 0 Å². The highest BCUT2D eigenvalue weighted by atomic mass is 32.2. The molecule has 21 heavy (non-hydrogen) atoms. The summed E-state index contributed by atoms with van der Waals surface area (Å²) in [6, 6.07) is 7.98. The van der Waals surface area contributed by atoms with Gasteiger partial charge in [-0.1, -0.05) is 18.2 Å². The zero-order valence-electron chi connectivity index (χ0n) is 12.0. The summed E-state index contributed by atoms with van der Waals surface area (Å²) in [6.45, 7) is 2.35. The third-order valence-corrected chi connectivity index (χ3v) is 4.41. The summed E-state index contributed by atoms with van der Waals surface area (Å²) < 4.78 is 21.7. The maximum Gasteiger partial charge on any atom is 0.227 e. The lowest BCUT2D eigenvalue weighted by atomic mass is 9.87. The summed E-state index contributed by atoms with van der Waals surface area (Å²) in [5, 5.41) is 11.1. The number of fused-ring (bicyclic) bond motifs is 1. The normalized spacial score (nSPS) is 21.2. The van der Waals surface area contributed by atoms with E-state index in [9.17, 15) is 13.2 Å². The number of sulfonamides is 1. The van der Waals surface area contributed by atoms with Crippen molar-refractivity contribution in [3.05, 3.63) is 29.8 Å². The van der Waals surface area contributed by atoms with E-state index in [0.717, 1.165) is 17.7 Å². The molecular weight excluding hydrogens is 290 g/mol. The maximum absolute atomic E-state index is 12.3. The van der Waals surface area contributed by atoms with Crippen molar-refractivity contribution in [1.29, 1.82) is 0 Å². The number of hydrogen-bond acceptors (Lipinski definition) is 4. The van der Waals surface area contributed by atoms with Gasteiger partial charge in [0.2, 0.25) is 15.9 Å². The number of anilines is 1. The highest BCUT2D eigenvalue weighted by Crippen LogP contribution is 2.33. The molecule has 2 rings (SSSR count). The van der Waals surface area contributed by atoms with Crippen LogP contribution in [0.5, 0.6) is 0 Å². The van der Waals surface area contributed by atoms with Gasteiger partial charge in [-0.2, -0.15) is 0 Å². The standard InChI is InChI=1S/C14H21N3O3S/c1-10-9-12(11-5-2-3-6-13(11)17-10)14(18)16-7-4-8-21(15,19)20/h2-3,5-6,10,12,17H,4,7-9H2,1H3,(H,16,18)(H2,15,19,20). The van der Waals surface area contributed by atoms with Crippen LogP contribution in [0, 0.1) is 0 Å². The summed E-state index contributed by atoms with van der Waals surface area (Å²) in [5.74, 6) is -0.385. The van der Waals surface area contributed by atoms with Crippen molar-refractivity contribution in [3.8, 4) is 0 Å². The van der Waals surface area contributed by atoms with Gasteiger partial charge >= 0.3 is 0 Å². The Balaban J connectivity index is 1.96. The number of benzene rings is 1. The molecule has 116 valence electrons. The highest BCUT2D eigenvalue weighted by Gasteiger charge is 2.29. The van der Waals surface area contributed by atoms with Crippen molar-refractivity contribution in [2.45, 2.75) is 31.7 Å². The molecule has 0 bridgehead atoms. The Bertz CT molecular complexity index is 616. The van der Waals surface area contributed by atoms with Crippen molar-refractivity contribution < 1.29 is 13.2 Å². The van der Waals surface area contributed by atoms with Gasteiger partial charge in [0.05, 0.1) is 11.7 Å². The van der Waals surface area contributed by atoms with Crippen molar-refractivity contribution >= 4 is 21.6 Å². The molecule has 0 aliphatic carbocycles. The molecule has 0 spiro atoms. The van der Waals surface area contributed by atoms with Crippen LogP contribution in [0.3, 0.4) is 0 Å². The largest absolute Gasteiger partial charge is 0.382 e. The van der Waals surface area contributed by atoms with E-state index in [4.69, 9.17) is 5.14 Å². The molecule has 1 aromatic carbocycles. The van der Waals surface area contributed by atoms with E-state index in [0.29, 0.717) is 13.0 Å². The lowest BCUT2D eigenvalue weighted by Gasteiger charge is -2.30. The molecule has 0 saturated carbocycles. The fourth-order valence-electron chi connectivity index (χ4n) is 2.59. The van der Waals surface area contributed by atoms with E-state index in [1.165, 1.54) is 0 Å². The lowest BCUT2D eigenvalue weighted by molar-refractivity contribution is -0.122. The third-order valence-electron chi connectivity index (χ3n) is 3.55. The Morgan fingerprint density at radius 3 is 2.86 bits per heavy atom. The highest BCUT2D eigenvalue weighted by molar-refractivity contribution is 7.89. The second-order valence-electron chi connectivity index (χ2n) is 5.43. The maximum atomic E-state index is 12.3. The molecule has 1 amide bonds. The van der Waals surface area contributed by atoms with Crippen LogP contribution in [-0.4, -0.2) is 32.7 Å². The first kappa shape index (κ1) is 15.8. The van der Waals surface area contributed by atoms with Gasteiger partial charge < -0.3 is 10.6 Å². The predicted octanol–water partition coefficient (Wildman–Crippen LogP) is 0.769.